The van der Waals surface area contributed by atoms with Crippen molar-refractivity contribution in [1.82, 2.24) is 10.1 Å². The quantitative estimate of drug-likeness (QED) is 0.908. The van der Waals surface area contributed by atoms with Crippen LogP contribution in [0, 0.1) is 0 Å². The van der Waals surface area contributed by atoms with E-state index in [0.29, 0.717) is 16.3 Å². The summed E-state index contributed by atoms with van der Waals surface area (Å²) < 4.78 is 5.36. The van der Waals surface area contributed by atoms with E-state index >= 15 is 0 Å². The Morgan fingerprint density at radius 1 is 1.21 bits per heavy atom. The molecule has 2 heterocycles. The molecule has 1 N–H and O–H groups in total. The number of carbonyl (C=O) groups excluding carboxylic acids is 1. The van der Waals surface area contributed by atoms with E-state index in [-0.39, 0.29) is 11.7 Å². The van der Waals surface area contributed by atoms with Crippen LogP contribution in [0.15, 0.2) is 28.8 Å². The van der Waals surface area contributed by atoms with Gasteiger partial charge in [0.05, 0.1) is 11.7 Å². The van der Waals surface area contributed by atoms with Crippen LogP contribution >= 0.6 is 11.6 Å². The molecule has 1 unspecified atom stereocenters. The molecule has 1 aromatic heterocycles. The molecular formula is C18H21ClN2O3. The van der Waals surface area contributed by atoms with Crippen molar-refractivity contribution in [2.45, 2.75) is 38.7 Å². The highest BCUT2D eigenvalue weighted by Crippen LogP contribution is 2.32. The van der Waals surface area contributed by atoms with Crippen molar-refractivity contribution in [3.8, 4) is 11.3 Å². The zero-order valence-electron chi connectivity index (χ0n) is 13.7. The molecule has 2 aromatic rings. The number of likely N-dealkylation sites (tertiary alicyclic amines) is 1. The summed E-state index contributed by atoms with van der Waals surface area (Å²) >= 11 is 5.92. The normalized spacial score (nSPS) is 16.7. The van der Waals surface area contributed by atoms with Crippen LogP contribution in [0.2, 0.25) is 5.02 Å². The first-order chi connectivity index (χ1) is 11.6. The van der Waals surface area contributed by atoms with Crippen molar-refractivity contribution in [1.29, 1.82) is 0 Å². The highest BCUT2D eigenvalue weighted by Gasteiger charge is 2.29. The second-order valence-electron chi connectivity index (χ2n) is 6.16. The van der Waals surface area contributed by atoms with E-state index < -0.39 is 6.10 Å². The first kappa shape index (κ1) is 17.0. The van der Waals surface area contributed by atoms with E-state index in [1.807, 2.05) is 0 Å². The van der Waals surface area contributed by atoms with Crippen molar-refractivity contribution >= 4 is 17.5 Å². The van der Waals surface area contributed by atoms with Gasteiger partial charge in [-0.1, -0.05) is 41.7 Å². The van der Waals surface area contributed by atoms with Crippen LogP contribution in [0.4, 0.5) is 0 Å². The molecule has 0 radical (unpaired) electrons. The fourth-order valence-corrected chi connectivity index (χ4v) is 3.20. The molecule has 128 valence electrons. The molecule has 0 bridgehead atoms. The van der Waals surface area contributed by atoms with E-state index in [9.17, 15) is 9.90 Å². The van der Waals surface area contributed by atoms with Gasteiger partial charge in [0, 0.05) is 23.7 Å². The minimum absolute atomic E-state index is 0.136. The molecule has 24 heavy (non-hydrogen) atoms. The number of hydrogen-bond acceptors (Lipinski definition) is 4. The zero-order chi connectivity index (χ0) is 17.1. The maximum Gasteiger partial charge on any atom is 0.292 e. The Morgan fingerprint density at radius 3 is 2.42 bits per heavy atom. The number of halogens is 1. The smallest absolute Gasteiger partial charge is 0.292 e. The lowest BCUT2D eigenvalue weighted by Gasteiger charge is -2.19. The van der Waals surface area contributed by atoms with Gasteiger partial charge >= 0.3 is 0 Å². The summed E-state index contributed by atoms with van der Waals surface area (Å²) in [4.78, 5) is 14.6. The Labute approximate surface area is 146 Å². The maximum absolute atomic E-state index is 12.8. The zero-order valence-corrected chi connectivity index (χ0v) is 14.4. The molecule has 0 saturated carbocycles. The lowest BCUT2D eigenvalue weighted by molar-refractivity contribution is 0.0711. The van der Waals surface area contributed by atoms with Crippen LogP contribution in [0.25, 0.3) is 11.3 Å². The first-order valence-corrected chi connectivity index (χ1v) is 8.68. The number of nitrogens with zero attached hydrogens (tertiary/aromatic N) is 2. The molecule has 1 saturated heterocycles. The maximum atomic E-state index is 12.8. The van der Waals surface area contributed by atoms with Gasteiger partial charge in [0.2, 0.25) is 5.76 Å². The molecule has 1 fully saturated rings. The van der Waals surface area contributed by atoms with Gasteiger partial charge in [0.1, 0.15) is 5.69 Å². The minimum Gasteiger partial charge on any atom is -0.388 e. The Balaban J connectivity index is 1.96. The molecule has 6 heteroatoms. The number of aromatic nitrogens is 1. The Morgan fingerprint density at radius 2 is 1.83 bits per heavy atom. The molecule has 1 atom stereocenters. The van der Waals surface area contributed by atoms with Gasteiger partial charge in [-0.2, -0.15) is 0 Å². The number of hydrogen-bond donors (Lipinski definition) is 1. The van der Waals surface area contributed by atoms with Crippen LogP contribution in [0.5, 0.6) is 0 Å². The molecular weight excluding hydrogens is 328 g/mol. The van der Waals surface area contributed by atoms with E-state index in [4.69, 9.17) is 16.1 Å². The van der Waals surface area contributed by atoms with Crippen LogP contribution in [-0.4, -0.2) is 34.2 Å². The number of aliphatic hydroxyl groups excluding tert-OH is 1. The average molecular weight is 349 g/mol. The predicted octanol–water partition coefficient (Wildman–Crippen LogP) is 4.06. The summed E-state index contributed by atoms with van der Waals surface area (Å²) in [5, 5.41) is 14.9. The Kier molecular flexibility index (Phi) is 5.21. The molecule has 1 amide bonds. The van der Waals surface area contributed by atoms with Crippen molar-refractivity contribution < 1.29 is 14.4 Å². The largest absolute Gasteiger partial charge is 0.388 e. The summed E-state index contributed by atoms with van der Waals surface area (Å²) in [6.07, 6.45) is 3.41. The van der Waals surface area contributed by atoms with E-state index in [1.165, 1.54) is 0 Å². The van der Waals surface area contributed by atoms with Gasteiger partial charge in [0.25, 0.3) is 5.91 Å². The second kappa shape index (κ2) is 7.36. The Hall–Kier alpha value is -1.85. The van der Waals surface area contributed by atoms with Crippen LogP contribution < -0.4 is 0 Å². The van der Waals surface area contributed by atoms with Gasteiger partial charge < -0.3 is 14.5 Å². The highest BCUT2D eigenvalue weighted by molar-refractivity contribution is 6.30. The van der Waals surface area contributed by atoms with Crippen molar-refractivity contribution in [2.24, 2.45) is 0 Å². The lowest BCUT2D eigenvalue weighted by Crippen LogP contribution is -2.32. The molecule has 3 rings (SSSR count). The standard InChI is InChI=1S/C18H21ClN2O3/c1-12(22)15-16(13-6-8-14(19)9-7-13)20-24-17(15)18(23)21-10-4-2-3-5-11-21/h6-9,12,22H,2-5,10-11H2,1H3. The summed E-state index contributed by atoms with van der Waals surface area (Å²) in [6, 6.07) is 7.08. The molecule has 0 spiro atoms. The number of aliphatic hydroxyl groups is 1. The SMILES string of the molecule is CC(O)c1c(-c2ccc(Cl)cc2)noc1C(=O)N1CCCCCC1. The summed E-state index contributed by atoms with van der Waals surface area (Å²) in [5.41, 5.74) is 1.68. The van der Waals surface area contributed by atoms with Gasteiger partial charge in [-0.15, -0.1) is 0 Å². The topological polar surface area (TPSA) is 66.6 Å². The van der Waals surface area contributed by atoms with Crippen molar-refractivity contribution in [3.63, 3.8) is 0 Å². The summed E-state index contributed by atoms with van der Waals surface area (Å²) in [5.74, 6) is -0.0580. The van der Waals surface area contributed by atoms with E-state index in [1.54, 1.807) is 36.1 Å². The number of carbonyl (C=O) groups is 1. The third-order valence-electron chi connectivity index (χ3n) is 4.35. The fourth-order valence-electron chi connectivity index (χ4n) is 3.07. The van der Waals surface area contributed by atoms with Gasteiger partial charge in [0.15, 0.2) is 0 Å². The molecule has 0 aliphatic carbocycles. The minimum atomic E-state index is -0.854. The first-order valence-electron chi connectivity index (χ1n) is 8.31. The van der Waals surface area contributed by atoms with Crippen molar-refractivity contribution in [2.75, 3.05) is 13.1 Å². The summed E-state index contributed by atoms with van der Waals surface area (Å²) in [7, 11) is 0. The van der Waals surface area contributed by atoms with E-state index in [2.05, 4.69) is 5.16 Å². The van der Waals surface area contributed by atoms with Crippen LogP contribution in [0.1, 0.15) is 54.8 Å². The lowest BCUT2D eigenvalue weighted by atomic mass is 10.0. The molecule has 5 nitrogen and oxygen atoms in total. The molecule has 1 aliphatic heterocycles. The number of rotatable bonds is 3. The average Bonchev–Trinajstić information content (AvgIpc) is 2.83. The highest BCUT2D eigenvalue weighted by atomic mass is 35.5. The number of amides is 1. The second-order valence-corrected chi connectivity index (χ2v) is 6.60. The van der Waals surface area contributed by atoms with Crippen molar-refractivity contribution in [3.05, 3.63) is 40.6 Å². The van der Waals surface area contributed by atoms with Gasteiger partial charge in [-0.05, 0) is 31.9 Å². The predicted molar refractivity (Wildman–Crippen MR) is 92.0 cm³/mol. The van der Waals surface area contributed by atoms with Crippen LogP contribution in [0.3, 0.4) is 0 Å². The van der Waals surface area contributed by atoms with Gasteiger partial charge in [-0.3, -0.25) is 4.79 Å². The van der Waals surface area contributed by atoms with Crippen LogP contribution in [-0.2, 0) is 0 Å². The fraction of sp³-hybridized carbons (Fsp3) is 0.444. The summed E-state index contributed by atoms with van der Waals surface area (Å²) in [6.45, 7) is 3.05. The Bertz CT molecular complexity index is 702. The third-order valence-corrected chi connectivity index (χ3v) is 4.60. The number of benzene rings is 1. The molecule has 1 aromatic carbocycles. The monoisotopic (exact) mass is 348 g/mol. The van der Waals surface area contributed by atoms with E-state index in [0.717, 1.165) is 44.3 Å². The third kappa shape index (κ3) is 3.47. The molecule has 1 aliphatic rings. The van der Waals surface area contributed by atoms with Gasteiger partial charge in [-0.25, -0.2) is 0 Å².